The summed E-state index contributed by atoms with van der Waals surface area (Å²) >= 11 is 0. The van der Waals surface area contributed by atoms with Crippen LogP contribution >= 0.6 is 0 Å². The number of carbonyl (C=O) groups is 1. The largest absolute Gasteiger partial charge is 0.466 e. The van der Waals surface area contributed by atoms with Crippen LogP contribution in [0.2, 0.25) is 0 Å². The van der Waals surface area contributed by atoms with Crippen LogP contribution in [0.5, 0.6) is 0 Å². The second-order valence-corrected chi connectivity index (χ2v) is 5.26. The van der Waals surface area contributed by atoms with Gasteiger partial charge in [0.2, 0.25) is 0 Å². The van der Waals surface area contributed by atoms with Gasteiger partial charge in [-0.05, 0) is 45.2 Å². The van der Waals surface area contributed by atoms with E-state index in [4.69, 9.17) is 4.74 Å². The molecule has 0 aromatic rings. The number of hydrogen-bond acceptors (Lipinski definition) is 3. The van der Waals surface area contributed by atoms with Gasteiger partial charge in [-0.1, -0.05) is 33.1 Å². The van der Waals surface area contributed by atoms with Crippen LogP contribution in [0, 0.1) is 5.92 Å². The van der Waals surface area contributed by atoms with Crippen molar-refractivity contribution in [3.63, 3.8) is 0 Å². The summed E-state index contributed by atoms with van der Waals surface area (Å²) < 4.78 is 4.88. The predicted octanol–water partition coefficient (Wildman–Crippen LogP) is 3.53. The average molecular weight is 257 g/mol. The van der Waals surface area contributed by atoms with E-state index in [0.717, 1.165) is 38.3 Å². The Morgan fingerprint density at radius 3 is 2.33 bits per heavy atom. The lowest BCUT2D eigenvalue weighted by Crippen LogP contribution is -2.16. The molecule has 0 bridgehead atoms. The molecular weight excluding hydrogens is 226 g/mol. The molecule has 0 heterocycles. The molecular formula is C15H31NO2. The van der Waals surface area contributed by atoms with Crippen LogP contribution in [0.15, 0.2) is 0 Å². The first-order valence-electron chi connectivity index (χ1n) is 7.53. The van der Waals surface area contributed by atoms with Gasteiger partial charge in [0.05, 0.1) is 6.61 Å². The monoisotopic (exact) mass is 257 g/mol. The molecule has 0 aromatic heterocycles. The SMILES string of the molecule is CCOC(=O)CCCCCNCCCCC(C)C. The standard InChI is InChI=1S/C15H31NO2/c1-4-18-15(17)11-6-5-8-12-16-13-9-7-10-14(2)3/h14,16H,4-13H2,1-3H3. The smallest absolute Gasteiger partial charge is 0.305 e. The molecule has 0 aliphatic heterocycles. The fourth-order valence-electron chi connectivity index (χ4n) is 1.86. The fourth-order valence-corrected chi connectivity index (χ4v) is 1.86. The lowest BCUT2D eigenvalue weighted by molar-refractivity contribution is -0.143. The Balaban J connectivity index is 3.05. The van der Waals surface area contributed by atoms with Crippen LogP contribution in [0.1, 0.15) is 65.7 Å². The van der Waals surface area contributed by atoms with Crippen molar-refractivity contribution in [2.45, 2.75) is 65.7 Å². The normalized spacial score (nSPS) is 10.9. The van der Waals surface area contributed by atoms with E-state index in [1.807, 2.05) is 6.92 Å². The Morgan fingerprint density at radius 2 is 1.72 bits per heavy atom. The number of ether oxygens (including phenoxy) is 1. The van der Waals surface area contributed by atoms with Crippen molar-refractivity contribution < 1.29 is 9.53 Å². The van der Waals surface area contributed by atoms with E-state index < -0.39 is 0 Å². The topological polar surface area (TPSA) is 38.3 Å². The molecule has 0 rings (SSSR count). The van der Waals surface area contributed by atoms with Crippen molar-refractivity contribution in [2.24, 2.45) is 5.92 Å². The van der Waals surface area contributed by atoms with Gasteiger partial charge in [0.25, 0.3) is 0 Å². The van der Waals surface area contributed by atoms with Crippen molar-refractivity contribution in [3.05, 3.63) is 0 Å². The summed E-state index contributed by atoms with van der Waals surface area (Å²) in [7, 11) is 0. The van der Waals surface area contributed by atoms with Gasteiger partial charge in [0.1, 0.15) is 0 Å². The zero-order valence-corrected chi connectivity index (χ0v) is 12.5. The lowest BCUT2D eigenvalue weighted by Gasteiger charge is -2.06. The van der Waals surface area contributed by atoms with Gasteiger partial charge in [-0.2, -0.15) is 0 Å². The molecule has 0 aromatic carbocycles. The Labute approximate surface area is 113 Å². The minimum absolute atomic E-state index is 0.0563. The highest BCUT2D eigenvalue weighted by molar-refractivity contribution is 5.69. The van der Waals surface area contributed by atoms with E-state index in [9.17, 15) is 4.79 Å². The van der Waals surface area contributed by atoms with Crippen LogP contribution in [0.25, 0.3) is 0 Å². The minimum atomic E-state index is -0.0563. The molecule has 0 saturated carbocycles. The second kappa shape index (κ2) is 12.9. The first-order valence-corrected chi connectivity index (χ1v) is 7.53. The van der Waals surface area contributed by atoms with Gasteiger partial charge in [-0.3, -0.25) is 4.79 Å². The predicted molar refractivity (Wildman–Crippen MR) is 76.7 cm³/mol. The third-order valence-electron chi connectivity index (χ3n) is 2.92. The van der Waals surface area contributed by atoms with Crippen molar-refractivity contribution in [1.82, 2.24) is 5.32 Å². The number of carbonyl (C=O) groups excluding carboxylic acids is 1. The van der Waals surface area contributed by atoms with E-state index in [2.05, 4.69) is 19.2 Å². The highest BCUT2D eigenvalue weighted by Gasteiger charge is 2.00. The Kier molecular flexibility index (Phi) is 12.5. The van der Waals surface area contributed by atoms with Gasteiger partial charge in [0.15, 0.2) is 0 Å². The van der Waals surface area contributed by atoms with E-state index in [0.29, 0.717) is 13.0 Å². The molecule has 0 amide bonds. The van der Waals surface area contributed by atoms with Crippen molar-refractivity contribution in [2.75, 3.05) is 19.7 Å². The third kappa shape index (κ3) is 13.5. The van der Waals surface area contributed by atoms with Gasteiger partial charge in [-0.25, -0.2) is 0 Å². The molecule has 3 nitrogen and oxygen atoms in total. The van der Waals surface area contributed by atoms with E-state index in [1.54, 1.807) is 0 Å². The van der Waals surface area contributed by atoms with E-state index in [1.165, 1.54) is 19.3 Å². The molecule has 3 heteroatoms. The van der Waals surface area contributed by atoms with Crippen LogP contribution in [0.4, 0.5) is 0 Å². The van der Waals surface area contributed by atoms with Crippen LogP contribution in [-0.2, 0) is 9.53 Å². The van der Waals surface area contributed by atoms with Crippen molar-refractivity contribution in [1.29, 1.82) is 0 Å². The molecule has 0 radical (unpaired) electrons. The summed E-state index contributed by atoms with van der Waals surface area (Å²) in [5, 5.41) is 3.46. The molecule has 0 fully saturated rings. The number of esters is 1. The number of hydrogen-bond donors (Lipinski definition) is 1. The zero-order chi connectivity index (χ0) is 13.6. The molecule has 0 saturated heterocycles. The van der Waals surface area contributed by atoms with E-state index >= 15 is 0 Å². The molecule has 0 spiro atoms. The molecule has 0 unspecified atom stereocenters. The first kappa shape index (κ1) is 17.4. The molecule has 0 atom stereocenters. The van der Waals surface area contributed by atoms with Crippen molar-refractivity contribution >= 4 is 5.97 Å². The van der Waals surface area contributed by atoms with Gasteiger partial charge < -0.3 is 10.1 Å². The maximum Gasteiger partial charge on any atom is 0.305 e. The maximum absolute atomic E-state index is 11.1. The maximum atomic E-state index is 11.1. The van der Waals surface area contributed by atoms with Crippen LogP contribution < -0.4 is 5.32 Å². The van der Waals surface area contributed by atoms with Gasteiger partial charge in [0, 0.05) is 6.42 Å². The Morgan fingerprint density at radius 1 is 1.06 bits per heavy atom. The Bertz CT molecular complexity index is 193. The summed E-state index contributed by atoms with van der Waals surface area (Å²) in [5.41, 5.74) is 0. The third-order valence-corrected chi connectivity index (χ3v) is 2.92. The number of unbranched alkanes of at least 4 members (excludes halogenated alkanes) is 3. The first-order chi connectivity index (χ1) is 8.66. The number of rotatable bonds is 12. The lowest BCUT2D eigenvalue weighted by atomic mass is 10.1. The van der Waals surface area contributed by atoms with Gasteiger partial charge >= 0.3 is 5.97 Å². The molecule has 108 valence electrons. The van der Waals surface area contributed by atoms with Crippen LogP contribution in [-0.4, -0.2) is 25.7 Å². The highest BCUT2D eigenvalue weighted by atomic mass is 16.5. The minimum Gasteiger partial charge on any atom is -0.466 e. The average Bonchev–Trinajstić information content (AvgIpc) is 2.31. The number of nitrogens with one attached hydrogen (secondary N) is 1. The van der Waals surface area contributed by atoms with E-state index in [-0.39, 0.29) is 5.97 Å². The molecule has 0 aliphatic carbocycles. The van der Waals surface area contributed by atoms with Crippen molar-refractivity contribution in [3.8, 4) is 0 Å². The summed E-state index contributed by atoms with van der Waals surface area (Å²) in [6.45, 7) is 9.10. The Hall–Kier alpha value is -0.570. The zero-order valence-electron chi connectivity index (χ0n) is 12.5. The van der Waals surface area contributed by atoms with Gasteiger partial charge in [-0.15, -0.1) is 0 Å². The van der Waals surface area contributed by atoms with Crippen LogP contribution in [0.3, 0.4) is 0 Å². The second-order valence-electron chi connectivity index (χ2n) is 5.26. The summed E-state index contributed by atoms with van der Waals surface area (Å²) in [4.78, 5) is 11.1. The highest BCUT2D eigenvalue weighted by Crippen LogP contribution is 2.05. The summed E-state index contributed by atoms with van der Waals surface area (Å²) in [5.74, 6) is 0.770. The quantitative estimate of drug-likeness (QED) is 0.429. The molecule has 1 N–H and O–H groups in total. The fraction of sp³-hybridized carbons (Fsp3) is 0.933. The summed E-state index contributed by atoms with van der Waals surface area (Å²) in [6.07, 6.45) is 7.73. The molecule has 0 aliphatic rings. The molecule has 18 heavy (non-hydrogen) atoms. The summed E-state index contributed by atoms with van der Waals surface area (Å²) in [6, 6.07) is 0.